The Labute approximate surface area is 243 Å². The average molecular weight is 561 g/mol. The van der Waals surface area contributed by atoms with Crippen molar-refractivity contribution >= 4 is 29.1 Å². The number of aromatic nitrogens is 1. The van der Waals surface area contributed by atoms with Crippen LogP contribution in [0, 0.1) is 34.5 Å². The summed E-state index contributed by atoms with van der Waals surface area (Å²) in [4.78, 5) is 44.3. The fourth-order valence-corrected chi connectivity index (χ4v) is 8.49. The van der Waals surface area contributed by atoms with E-state index in [9.17, 15) is 19.5 Å². The van der Waals surface area contributed by atoms with Crippen LogP contribution in [0.1, 0.15) is 97.5 Å². The normalized spacial score (nSPS) is 32.8. The molecule has 220 valence electrons. The van der Waals surface area contributed by atoms with Gasteiger partial charge in [0.1, 0.15) is 11.8 Å². The van der Waals surface area contributed by atoms with Crippen LogP contribution in [0.4, 0.5) is 0 Å². The van der Waals surface area contributed by atoms with Crippen molar-refractivity contribution in [3.8, 4) is 0 Å². The molecule has 1 aromatic rings. The number of carbonyl (C=O) groups excluding carboxylic acids is 2. The van der Waals surface area contributed by atoms with Crippen LogP contribution >= 0.6 is 0 Å². The lowest BCUT2D eigenvalue weighted by Gasteiger charge is -2.57. The molecule has 7 heteroatoms. The molecule has 0 aliphatic heterocycles. The molecule has 1 amide bonds. The van der Waals surface area contributed by atoms with E-state index in [1.807, 2.05) is 32.3 Å². The van der Waals surface area contributed by atoms with Gasteiger partial charge in [0.15, 0.2) is 0 Å². The van der Waals surface area contributed by atoms with E-state index in [1.165, 1.54) is 29.6 Å². The van der Waals surface area contributed by atoms with E-state index in [0.29, 0.717) is 17.8 Å². The largest absolute Gasteiger partial charge is 0.477 e. The maximum absolute atomic E-state index is 12.6. The minimum absolute atomic E-state index is 0.0706. The van der Waals surface area contributed by atoms with Crippen molar-refractivity contribution in [1.29, 1.82) is 0 Å². The number of aliphatic carboxylic acids is 1. The predicted molar refractivity (Wildman–Crippen MR) is 158 cm³/mol. The molecule has 0 radical (unpaired) electrons. The van der Waals surface area contributed by atoms with Gasteiger partial charge in [-0.05, 0) is 96.7 Å². The monoisotopic (exact) mass is 560 g/mol. The number of rotatable bonds is 8. The van der Waals surface area contributed by atoms with Crippen LogP contribution in [0.3, 0.4) is 0 Å². The van der Waals surface area contributed by atoms with Crippen LogP contribution < -0.4 is 0 Å². The standard InChI is InChI=1S/C34H44N2O5/c1-21(2)18-29(32(39)40)36-30(37)11-12-31(38)41-24-13-15-33(3)23(19-24)7-8-25-27-10-9-26(22-6-5-17-35-20-22)34(27,4)16-14-28(25)33/h5-7,9,17,20-21,24-25,27-28H,8,10-16,18-19H2,1-4H3,(H,39,40)/t24-,25-,27?,28-,33-,34+/m0/s1. The highest BCUT2D eigenvalue weighted by Gasteiger charge is 2.57. The summed E-state index contributed by atoms with van der Waals surface area (Å²) in [5.74, 6) is -0.178. The summed E-state index contributed by atoms with van der Waals surface area (Å²) < 4.78 is 5.83. The van der Waals surface area contributed by atoms with E-state index in [-0.39, 0.29) is 47.8 Å². The number of fused-ring (bicyclic) bond motifs is 5. The Morgan fingerprint density at radius 1 is 1.07 bits per heavy atom. The summed E-state index contributed by atoms with van der Waals surface area (Å²) in [6.45, 7) is 8.65. The van der Waals surface area contributed by atoms with E-state index < -0.39 is 17.8 Å². The van der Waals surface area contributed by atoms with Crippen LogP contribution in [0.15, 0.2) is 47.2 Å². The van der Waals surface area contributed by atoms with Gasteiger partial charge in [0, 0.05) is 25.2 Å². The second-order valence-corrected chi connectivity index (χ2v) is 13.5. The van der Waals surface area contributed by atoms with Crippen LogP contribution in [0.25, 0.3) is 5.57 Å². The molecule has 2 saturated carbocycles. The smallest absolute Gasteiger partial charge is 0.350 e. The quantitative estimate of drug-likeness (QED) is 0.212. The average Bonchev–Trinajstić information content (AvgIpc) is 3.29. The number of amides is 1. The zero-order valence-corrected chi connectivity index (χ0v) is 24.9. The highest BCUT2D eigenvalue weighted by Crippen LogP contribution is 2.66. The summed E-state index contributed by atoms with van der Waals surface area (Å²) in [6.07, 6.45) is 15.8. The molecule has 2 fully saturated rings. The number of aliphatic imine (C=N–C) groups is 1. The summed E-state index contributed by atoms with van der Waals surface area (Å²) in [6, 6.07) is 4.24. The van der Waals surface area contributed by atoms with Gasteiger partial charge in [0.25, 0.3) is 0 Å². The topological polar surface area (TPSA) is 106 Å². The lowest BCUT2D eigenvalue weighted by Crippen LogP contribution is -2.50. The van der Waals surface area contributed by atoms with Crippen LogP contribution in [-0.4, -0.2) is 39.8 Å². The van der Waals surface area contributed by atoms with Gasteiger partial charge >= 0.3 is 11.9 Å². The number of hydrogen-bond donors (Lipinski definition) is 1. The zero-order chi connectivity index (χ0) is 29.4. The highest BCUT2D eigenvalue weighted by molar-refractivity contribution is 6.37. The number of carboxylic acids is 1. The Bertz CT molecular complexity index is 1280. The SMILES string of the molecule is CC(C)CC(=NC(=O)CCC(=O)O[C@H]1CC[C@@]2(C)C(=CC[C@H]3C4CC=C(c5cccnc5)[C@@]4(C)CC[C@@H]32)C1)C(=O)O. The maximum Gasteiger partial charge on any atom is 0.350 e. The number of ether oxygens (including phenoxy) is 1. The molecule has 0 aromatic carbocycles. The van der Waals surface area contributed by atoms with Crippen molar-refractivity contribution in [2.75, 3.05) is 0 Å². The van der Waals surface area contributed by atoms with E-state index in [2.05, 4.69) is 42.0 Å². The molecule has 1 N–H and O–H groups in total. The summed E-state index contributed by atoms with van der Waals surface area (Å²) in [5.41, 5.74) is 4.36. The molecule has 6 atom stereocenters. The fraction of sp³-hybridized carbons (Fsp3) is 0.618. The number of hydrogen-bond acceptors (Lipinski definition) is 5. The van der Waals surface area contributed by atoms with Gasteiger partial charge in [-0.2, -0.15) is 0 Å². The molecule has 1 heterocycles. The molecule has 7 nitrogen and oxygen atoms in total. The molecule has 0 bridgehead atoms. The minimum atomic E-state index is -1.19. The number of esters is 1. The van der Waals surface area contributed by atoms with Gasteiger partial charge in [0.2, 0.25) is 5.91 Å². The zero-order valence-electron chi connectivity index (χ0n) is 24.9. The van der Waals surface area contributed by atoms with E-state index in [0.717, 1.165) is 32.1 Å². The Hall–Kier alpha value is -3.09. The molecule has 4 aliphatic rings. The second-order valence-electron chi connectivity index (χ2n) is 13.5. The first kappa shape index (κ1) is 29.4. The van der Waals surface area contributed by atoms with Crippen molar-refractivity contribution in [2.24, 2.45) is 39.5 Å². The highest BCUT2D eigenvalue weighted by atomic mass is 16.5. The predicted octanol–water partition coefficient (Wildman–Crippen LogP) is 6.83. The first-order chi connectivity index (χ1) is 19.5. The third kappa shape index (κ3) is 5.82. The van der Waals surface area contributed by atoms with Crippen LogP contribution in [0.5, 0.6) is 0 Å². The second kappa shape index (κ2) is 11.7. The van der Waals surface area contributed by atoms with Crippen molar-refractivity contribution in [2.45, 2.75) is 98.0 Å². The van der Waals surface area contributed by atoms with E-state index in [4.69, 9.17) is 4.74 Å². The number of carbonyl (C=O) groups is 3. The van der Waals surface area contributed by atoms with Crippen molar-refractivity contribution in [1.82, 2.24) is 4.98 Å². The first-order valence-corrected chi connectivity index (χ1v) is 15.3. The van der Waals surface area contributed by atoms with Crippen LogP contribution in [0.2, 0.25) is 0 Å². The molecule has 1 aromatic heterocycles. The van der Waals surface area contributed by atoms with Gasteiger partial charge in [-0.3, -0.25) is 14.6 Å². The van der Waals surface area contributed by atoms with Gasteiger partial charge in [0.05, 0.1) is 6.42 Å². The number of nitrogens with zero attached hydrogens (tertiary/aromatic N) is 2. The van der Waals surface area contributed by atoms with Gasteiger partial charge in [-0.1, -0.05) is 51.5 Å². The molecular formula is C34H44N2O5. The number of allylic oxidation sites excluding steroid dienone is 3. The maximum atomic E-state index is 12.6. The molecule has 41 heavy (non-hydrogen) atoms. The van der Waals surface area contributed by atoms with Crippen molar-refractivity contribution in [3.05, 3.63) is 47.8 Å². The summed E-state index contributed by atoms with van der Waals surface area (Å²) >= 11 is 0. The number of pyridine rings is 1. The van der Waals surface area contributed by atoms with Crippen molar-refractivity contribution < 1.29 is 24.2 Å². The third-order valence-corrected chi connectivity index (χ3v) is 10.6. The van der Waals surface area contributed by atoms with E-state index >= 15 is 0 Å². The number of carboxylic acid groups (broad SMARTS) is 1. The summed E-state index contributed by atoms with van der Waals surface area (Å²) in [7, 11) is 0. The Balaban J connectivity index is 1.19. The lowest BCUT2D eigenvalue weighted by molar-refractivity contribution is -0.152. The van der Waals surface area contributed by atoms with Crippen molar-refractivity contribution in [3.63, 3.8) is 0 Å². The Morgan fingerprint density at radius 3 is 2.56 bits per heavy atom. The minimum Gasteiger partial charge on any atom is -0.477 e. The van der Waals surface area contributed by atoms with E-state index in [1.54, 1.807) is 0 Å². The molecule has 0 saturated heterocycles. The Morgan fingerprint density at radius 2 is 1.85 bits per heavy atom. The molecular weight excluding hydrogens is 516 g/mol. The molecule has 4 aliphatic carbocycles. The van der Waals surface area contributed by atoms with Crippen LogP contribution in [-0.2, 0) is 19.1 Å². The lowest BCUT2D eigenvalue weighted by atomic mass is 9.47. The van der Waals surface area contributed by atoms with Gasteiger partial charge < -0.3 is 9.84 Å². The third-order valence-electron chi connectivity index (χ3n) is 10.6. The van der Waals surface area contributed by atoms with Gasteiger partial charge in [-0.25, -0.2) is 9.79 Å². The summed E-state index contributed by atoms with van der Waals surface area (Å²) in [5, 5.41) is 9.28. The van der Waals surface area contributed by atoms with Gasteiger partial charge in [-0.15, -0.1) is 0 Å². The molecule has 5 rings (SSSR count). The Kier molecular flexibility index (Phi) is 8.36. The molecule has 0 spiro atoms. The first-order valence-electron chi connectivity index (χ1n) is 15.3. The fourth-order valence-electron chi connectivity index (χ4n) is 8.49. The molecule has 1 unspecified atom stereocenters.